The zero-order valence-corrected chi connectivity index (χ0v) is 13.2. The maximum Gasteiger partial charge on any atom is 0.315 e. The number of halogens is 2. The molecule has 2 rings (SSSR count). The molecule has 0 saturated carbocycles. The molecule has 0 aliphatic rings. The largest absolute Gasteiger partial charge is 0.352 e. The van der Waals surface area contributed by atoms with E-state index < -0.39 is 23.7 Å². The maximum absolute atomic E-state index is 13.6. The molecule has 0 aliphatic carbocycles. The first-order chi connectivity index (χ1) is 11.6. The Kier molecular flexibility index (Phi) is 6.41. The highest BCUT2D eigenvalue weighted by Gasteiger charge is 2.14. The minimum atomic E-state index is -0.615. The number of rotatable bonds is 7. The molecule has 128 valence electrons. The van der Waals surface area contributed by atoms with Crippen LogP contribution in [0.2, 0.25) is 0 Å². The Bertz CT molecular complexity index is 649. The van der Waals surface area contributed by atoms with E-state index in [1.165, 1.54) is 18.2 Å². The normalized spacial score (nSPS) is 11.6. The summed E-state index contributed by atoms with van der Waals surface area (Å²) in [6, 6.07) is 4.58. The van der Waals surface area contributed by atoms with Gasteiger partial charge in [0.2, 0.25) is 5.95 Å². The van der Waals surface area contributed by atoms with Crippen LogP contribution in [0, 0.1) is 11.6 Å². The maximum atomic E-state index is 13.6. The molecule has 0 spiro atoms. The average molecular weight is 335 g/mol. The number of anilines is 1. The second kappa shape index (κ2) is 8.76. The lowest BCUT2D eigenvalue weighted by molar-refractivity contribution is 0.238. The van der Waals surface area contributed by atoms with Crippen LogP contribution in [0.4, 0.5) is 19.5 Å². The highest BCUT2D eigenvalue weighted by molar-refractivity contribution is 5.74. The Hall–Kier alpha value is -2.77. The first-order valence-electron chi connectivity index (χ1n) is 7.54. The van der Waals surface area contributed by atoms with Crippen molar-refractivity contribution in [1.82, 2.24) is 20.6 Å². The van der Waals surface area contributed by atoms with Crippen LogP contribution >= 0.6 is 0 Å². The fourth-order valence-corrected chi connectivity index (χ4v) is 2.10. The summed E-state index contributed by atoms with van der Waals surface area (Å²) >= 11 is 0. The van der Waals surface area contributed by atoms with Crippen molar-refractivity contribution in [3.05, 3.63) is 53.9 Å². The lowest BCUT2D eigenvalue weighted by Gasteiger charge is -2.15. The van der Waals surface area contributed by atoms with Gasteiger partial charge >= 0.3 is 6.03 Å². The zero-order valence-electron chi connectivity index (χ0n) is 13.2. The number of carbonyl (C=O) groups is 1. The van der Waals surface area contributed by atoms with Crippen molar-refractivity contribution < 1.29 is 13.6 Å². The number of urea groups is 1. The Morgan fingerprint density at radius 3 is 2.46 bits per heavy atom. The van der Waals surface area contributed by atoms with Gasteiger partial charge in [-0.05, 0) is 31.5 Å². The topological polar surface area (TPSA) is 78.9 Å². The zero-order chi connectivity index (χ0) is 17.4. The Morgan fingerprint density at radius 1 is 1.12 bits per heavy atom. The highest BCUT2D eigenvalue weighted by atomic mass is 19.1. The minimum Gasteiger partial charge on any atom is -0.352 e. The number of nitrogens with zero attached hydrogens (tertiary/aromatic N) is 2. The minimum absolute atomic E-state index is 0.0341. The van der Waals surface area contributed by atoms with Gasteiger partial charge in [0, 0.05) is 37.1 Å². The van der Waals surface area contributed by atoms with Crippen LogP contribution in [0.25, 0.3) is 0 Å². The summed E-state index contributed by atoms with van der Waals surface area (Å²) < 4.78 is 27.1. The molecular formula is C16H19F2N5O. The molecule has 0 bridgehead atoms. The quantitative estimate of drug-likeness (QED) is 0.677. The second-order valence-corrected chi connectivity index (χ2v) is 5.20. The molecule has 1 aromatic carbocycles. The van der Waals surface area contributed by atoms with Crippen LogP contribution in [-0.2, 0) is 6.42 Å². The van der Waals surface area contributed by atoms with E-state index in [9.17, 15) is 13.6 Å². The molecule has 0 unspecified atom stereocenters. The van der Waals surface area contributed by atoms with E-state index in [1.807, 2.05) is 0 Å². The van der Waals surface area contributed by atoms with Gasteiger partial charge < -0.3 is 16.0 Å². The molecule has 6 nitrogen and oxygen atoms in total. The second-order valence-electron chi connectivity index (χ2n) is 5.20. The van der Waals surface area contributed by atoms with Crippen LogP contribution in [0.1, 0.15) is 12.5 Å². The van der Waals surface area contributed by atoms with Gasteiger partial charge in [-0.25, -0.2) is 23.5 Å². The number of amides is 2. The average Bonchev–Trinajstić information content (AvgIpc) is 2.56. The van der Waals surface area contributed by atoms with Gasteiger partial charge in [-0.2, -0.15) is 0 Å². The smallest absolute Gasteiger partial charge is 0.315 e. The van der Waals surface area contributed by atoms with Gasteiger partial charge in [-0.3, -0.25) is 0 Å². The lowest BCUT2D eigenvalue weighted by Crippen LogP contribution is -2.43. The molecule has 2 aromatic rings. The summed E-state index contributed by atoms with van der Waals surface area (Å²) in [5, 5.41) is 8.23. The van der Waals surface area contributed by atoms with Crippen molar-refractivity contribution in [1.29, 1.82) is 0 Å². The standard InChI is InChI=1S/C16H19F2N5O/c1-11(10-12-13(17)4-2-5-14(12)18)23-16(24)22-9-8-21-15-19-6-3-7-20-15/h2-7,11H,8-10H2,1H3,(H,19,20,21)(H2,22,23,24)/t11-/m0/s1. The molecule has 2 amide bonds. The monoisotopic (exact) mass is 335 g/mol. The van der Waals surface area contributed by atoms with Crippen LogP contribution in [0.15, 0.2) is 36.7 Å². The molecule has 24 heavy (non-hydrogen) atoms. The molecule has 1 atom stereocenters. The third kappa shape index (κ3) is 5.45. The lowest BCUT2D eigenvalue weighted by atomic mass is 10.1. The van der Waals surface area contributed by atoms with Gasteiger partial charge in [0.15, 0.2) is 0 Å². The predicted molar refractivity (Wildman–Crippen MR) is 86.6 cm³/mol. The van der Waals surface area contributed by atoms with E-state index in [0.29, 0.717) is 19.0 Å². The summed E-state index contributed by atoms with van der Waals surface area (Å²) in [5.74, 6) is -0.754. The van der Waals surface area contributed by atoms with Crippen molar-refractivity contribution >= 4 is 12.0 Å². The molecule has 1 aromatic heterocycles. The Balaban J connectivity index is 1.70. The molecule has 0 aliphatic heterocycles. The van der Waals surface area contributed by atoms with Gasteiger partial charge in [0.25, 0.3) is 0 Å². The summed E-state index contributed by atoms with van der Waals surface area (Å²) in [6.45, 7) is 2.49. The van der Waals surface area contributed by atoms with Gasteiger partial charge in [-0.1, -0.05) is 6.07 Å². The number of carbonyl (C=O) groups excluding carboxylic acids is 1. The summed E-state index contributed by atoms with van der Waals surface area (Å²) in [6.07, 6.45) is 3.29. The third-order valence-electron chi connectivity index (χ3n) is 3.21. The number of hydrogen-bond acceptors (Lipinski definition) is 4. The van der Waals surface area contributed by atoms with Crippen LogP contribution < -0.4 is 16.0 Å². The first-order valence-corrected chi connectivity index (χ1v) is 7.54. The predicted octanol–water partition coefficient (Wildman–Crippen LogP) is 2.10. The van der Waals surface area contributed by atoms with Gasteiger partial charge in [0.05, 0.1) is 0 Å². The molecule has 0 fully saturated rings. The molecule has 0 radical (unpaired) electrons. The van der Waals surface area contributed by atoms with Crippen molar-refractivity contribution in [2.75, 3.05) is 18.4 Å². The van der Waals surface area contributed by atoms with E-state index in [0.717, 1.165) is 0 Å². The fraction of sp³-hybridized carbons (Fsp3) is 0.312. The number of hydrogen-bond donors (Lipinski definition) is 3. The number of benzene rings is 1. The summed E-state index contributed by atoms with van der Waals surface area (Å²) in [7, 11) is 0. The fourth-order valence-electron chi connectivity index (χ4n) is 2.10. The molecule has 0 saturated heterocycles. The van der Waals surface area contributed by atoms with Crippen molar-refractivity contribution in [3.8, 4) is 0 Å². The SMILES string of the molecule is C[C@@H](Cc1c(F)cccc1F)NC(=O)NCCNc1ncccn1. The summed E-state index contributed by atoms with van der Waals surface area (Å²) in [5.41, 5.74) is -0.0341. The third-order valence-corrected chi connectivity index (χ3v) is 3.21. The number of nitrogens with one attached hydrogen (secondary N) is 3. The Morgan fingerprint density at radius 2 is 1.79 bits per heavy atom. The van der Waals surface area contributed by atoms with Crippen molar-refractivity contribution in [3.63, 3.8) is 0 Å². The van der Waals surface area contributed by atoms with E-state index in [1.54, 1.807) is 25.4 Å². The van der Waals surface area contributed by atoms with E-state index in [2.05, 4.69) is 25.9 Å². The van der Waals surface area contributed by atoms with E-state index in [4.69, 9.17) is 0 Å². The van der Waals surface area contributed by atoms with Crippen LogP contribution in [0.5, 0.6) is 0 Å². The number of aromatic nitrogens is 2. The first kappa shape index (κ1) is 17.6. The highest BCUT2D eigenvalue weighted by Crippen LogP contribution is 2.14. The van der Waals surface area contributed by atoms with E-state index in [-0.39, 0.29) is 12.0 Å². The van der Waals surface area contributed by atoms with Gasteiger partial charge in [0.1, 0.15) is 11.6 Å². The molecule has 1 heterocycles. The van der Waals surface area contributed by atoms with E-state index >= 15 is 0 Å². The van der Waals surface area contributed by atoms with Gasteiger partial charge in [-0.15, -0.1) is 0 Å². The molecule has 3 N–H and O–H groups in total. The van der Waals surface area contributed by atoms with Crippen LogP contribution in [-0.4, -0.2) is 35.1 Å². The van der Waals surface area contributed by atoms with Crippen LogP contribution in [0.3, 0.4) is 0 Å². The Labute approximate surface area is 138 Å². The summed E-state index contributed by atoms with van der Waals surface area (Å²) in [4.78, 5) is 19.7. The van der Waals surface area contributed by atoms with Crippen molar-refractivity contribution in [2.45, 2.75) is 19.4 Å². The molecular weight excluding hydrogens is 316 g/mol. The van der Waals surface area contributed by atoms with Crippen molar-refractivity contribution in [2.24, 2.45) is 0 Å². The molecule has 8 heteroatoms.